The molecule has 2 saturated heterocycles. The van der Waals surface area contributed by atoms with Crippen LogP contribution in [-0.4, -0.2) is 45.9 Å². The molecular formula is C19H20F3N3O3. The molecule has 2 aliphatic rings. The van der Waals surface area contributed by atoms with Gasteiger partial charge in [-0.15, -0.1) is 0 Å². The molecule has 3 heterocycles. The van der Waals surface area contributed by atoms with E-state index in [9.17, 15) is 23.1 Å². The Hall–Kier alpha value is -2.55. The Labute approximate surface area is 159 Å². The van der Waals surface area contributed by atoms with Crippen molar-refractivity contribution in [2.24, 2.45) is 0 Å². The molecule has 6 nitrogen and oxygen atoms in total. The molecule has 9 heteroatoms. The van der Waals surface area contributed by atoms with E-state index in [2.05, 4.69) is 4.98 Å². The maximum atomic E-state index is 13.4. The van der Waals surface area contributed by atoms with Crippen molar-refractivity contribution in [1.82, 2.24) is 9.55 Å². The van der Waals surface area contributed by atoms with Crippen LogP contribution in [0.5, 0.6) is 0 Å². The number of fused-ring (bicyclic) bond motifs is 2. The fourth-order valence-electron chi connectivity index (χ4n) is 4.17. The molecule has 0 saturated carbocycles. The Kier molecular flexibility index (Phi) is 4.57. The Balaban J connectivity index is 1.80. The van der Waals surface area contributed by atoms with E-state index < -0.39 is 17.7 Å². The van der Waals surface area contributed by atoms with Crippen molar-refractivity contribution in [3.05, 3.63) is 46.8 Å². The highest BCUT2D eigenvalue weighted by atomic mass is 19.4. The number of rotatable bonds is 4. The van der Waals surface area contributed by atoms with Crippen LogP contribution in [0.3, 0.4) is 0 Å². The van der Waals surface area contributed by atoms with Gasteiger partial charge in [0.1, 0.15) is 0 Å². The van der Waals surface area contributed by atoms with Gasteiger partial charge in [-0.25, -0.2) is 9.78 Å². The zero-order valence-electron chi connectivity index (χ0n) is 15.2. The first kappa shape index (κ1) is 18.8. The number of alkyl halides is 3. The van der Waals surface area contributed by atoms with Crippen molar-refractivity contribution in [1.29, 1.82) is 0 Å². The number of hydrogen-bond acceptors (Lipinski definition) is 4. The van der Waals surface area contributed by atoms with Gasteiger partial charge in [0.2, 0.25) is 5.95 Å². The van der Waals surface area contributed by atoms with Gasteiger partial charge in [-0.3, -0.25) is 0 Å². The predicted octanol–water partition coefficient (Wildman–Crippen LogP) is 3.32. The van der Waals surface area contributed by atoms with E-state index in [1.54, 1.807) is 17.6 Å². The van der Waals surface area contributed by atoms with Crippen LogP contribution in [0.1, 0.15) is 40.2 Å². The summed E-state index contributed by atoms with van der Waals surface area (Å²) in [5, 5.41) is 9.50. The minimum Gasteiger partial charge on any atom is -0.476 e. The van der Waals surface area contributed by atoms with Crippen LogP contribution in [0.15, 0.2) is 24.3 Å². The fraction of sp³-hybridized carbons (Fsp3) is 0.474. The molecule has 0 radical (unpaired) electrons. The molecule has 0 aliphatic carbocycles. The number of carboxylic acid groups (broad SMARTS) is 1. The van der Waals surface area contributed by atoms with Crippen molar-refractivity contribution >= 4 is 11.9 Å². The predicted molar refractivity (Wildman–Crippen MR) is 94.6 cm³/mol. The smallest absolute Gasteiger partial charge is 0.416 e. The number of anilines is 1. The topological polar surface area (TPSA) is 67.6 Å². The maximum absolute atomic E-state index is 13.4. The van der Waals surface area contributed by atoms with Crippen molar-refractivity contribution in [3.63, 3.8) is 0 Å². The third-order valence-electron chi connectivity index (χ3n) is 5.53. The number of carboxylic acids is 1. The SMILES string of the molecule is Cc1c(C(=O)O)nc(N2C3CCC2COC3)n1Cc1ccccc1C(F)(F)F. The summed E-state index contributed by atoms with van der Waals surface area (Å²) in [5.41, 5.74) is -0.444. The Bertz CT molecular complexity index is 894. The van der Waals surface area contributed by atoms with Crippen LogP contribution in [0.4, 0.5) is 19.1 Å². The molecular weight excluding hydrogens is 375 g/mol. The molecule has 1 N–H and O–H groups in total. The summed E-state index contributed by atoms with van der Waals surface area (Å²) in [7, 11) is 0. The first-order chi connectivity index (χ1) is 13.3. The Morgan fingerprint density at radius 1 is 1.25 bits per heavy atom. The summed E-state index contributed by atoms with van der Waals surface area (Å²) < 4.78 is 47.4. The number of aromatic nitrogens is 2. The van der Waals surface area contributed by atoms with Gasteiger partial charge >= 0.3 is 12.1 Å². The molecule has 0 amide bonds. The summed E-state index contributed by atoms with van der Waals surface area (Å²) in [4.78, 5) is 18.0. The molecule has 150 valence electrons. The Morgan fingerprint density at radius 2 is 1.89 bits per heavy atom. The number of nitrogens with zero attached hydrogens (tertiary/aromatic N) is 3. The lowest BCUT2D eigenvalue weighted by Crippen LogP contribution is -2.47. The van der Waals surface area contributed by atoms with E-state index in [0.717, 1.165) is 18.9 Å². The summed E-state index contributed by atoms with van der Waals surface area (Å²) in [6.45, 7) is 2.49. The highest BCUT2D eigenvalue weighted by molar-refractivity contribution is 5.87. The average Bonchev–Trinajstić information content (AvgIpc) is 3.07. The zero-order valence-corrected chi connectivity index (χ0v) is 15.2. The quantitative estimate of drug-likeness (QED) is 0.860. The summed E-state index contributed by atoms with van der Waals surface area (Å²) in [6.07, 6.45) is -2.71. The number of aromatic carboxylic acids is 1. The zero-order chi connectivity index (χ0) is 20.1. The highest BCUT2D eigenvalue weighted by Gasteiger charge is 2.41. The van der Waals surface area contributed by atoms with Crippen LogP contribution in [-0.2, 0) is 17.5 Å². The van der Waals surface area contributed by atoms with E-state index in [1.165, 1.54) is 12.1 Å². The van der Waals surface area contributed by atoms with Crippen LogP contribution in [0.2, 0.25) is 0 Å². The van der Waals surface area contributed by atoms with E-state index in [-0.39, 0.29) is 29.9 Å². The van der Waals surface area contributed by atoms with Gasteiger partial charge in [0.15, 0.2) is 5.69 Å². The van der Waals surface area contributed by atoms with Gasteiger partial charge in [0, 0.05) is 0 Å². The normalized spacial score (nSPS) is 21.9. The number of halogens is 3. The fourth-order valence-corrected chi connectivity index (χ4v) is 4.17. The maximum Gasteiger partial charge on any atom is 0.416 e. The summed E-state index contributed by atoms with van der Waals surface area (Å²) in [5.74, 6) is -0.787. The van der Waals surface area contributed by atoms with Crippen molar-refractivity contribution in [2.75, 3.05) is 18.1 Å². The first-order valence-corrected chi connectivity index (χ1v) is 9.09. The van der Waals surface area contributed by atoms with Gasteiger partial charge < -0.3 is 19.3 Å². The number of ether oxygens (including phenoxy) is 1. The Morgan fingerprint density at radius 3 is 2.50 bits per heavy atom. The molecule has 1 aromatic heterocycles. The van der Waals surface area contributed by atoms with Gasteiger partial charge in [-0.2, -0.15) is 13.2 Å². The summed E-state index contributed by atoms with van der Waals surface area (Å²) >= 11 is 0. The second kappa shape index (κ2) is 6.80. The van der Waals surface area contributed by atoms with Crippen LogP contribution < -0.4 is 4.90 Å². The second-order valence-electron chi connectivity index (χ2n) is 7.22. The molecule has 2 bridgehead atoms. The van der Waals surface area contributed by atoms with Gasteiger partial charge in [0.25, 0.3) is 0 Å². The number of morpholine rings is 1. The van der Waals surface area contributed by atoms with Crippen LogP contribution >= 0.6 is 0 Å². The largest absolute Gasteiger partial charge is 0.476 e. The molecule has 2 unspecified atom stereocenters. The number of benzene rings is 1. The van der Waals surface area contributed by atoms with Gasteiger partial charge in [-0.05, 0) is 31.4 Å². The minimum atomic E-state index is -4.49. The van der Waals surface area contributed by atoms with Crippen LogP contribution in [0.25, 0.3) is 0 Å². The number of hydrogen-bond donors (Lipinski definition) is 1. The molecule has 4 rings (SSSR count). The van der Waals surface area contributed by atoms with Gasteiger partial charge in [-0.1, -0.05) is 18.2 Å². The lowest BCUT2D eigenvalue weighted by Gasteiger charge is -2.36. The van der Waals surface area contributed by atoms with Crippen molar-refractivity contribution < 1.29 is 27.8 Å². The van der Waals surface area contributed by atoms with E-state index in [4.69, 9.17) is 4.74 Å². The van der Waals surface area contributed by atoms with Crippen LogP contribution in [0, 0.1) is 6.92 Å². The average molecular weight is 395 g/mol. The third-order valence-corrected chi connectivity index (χ3v) is 5.53. The summed E-state index contributed by atoms with van der Waals surface area (Å²) in [6, 6.07) is 5.46. The van der Waals surface area contributed by atoms with Crippen molar-refractivity contribution in [2.45, 2.75) is 44.6 Å². The highest BCUT2D eigenvalue weighted by Crippen LogP contribution is 2.36. The minimum absolute atomic E-state index is 0.0544. The molecule has 1 aromatic carbocycles. The van der Waals surface area contributed by atoms with Gasteiger partial charge in [0.05, 0.1) is 43.1 Å². The standard InChI is InChI=1S/C19H20F3N3O3/c1-11-16(17(26)27)23-18(25-13-6-7-14(25)10-28-9-13)24(11)8-12-4-2-3-5-15(12)19(20,21)22/h2-5,13-14H,6-10H2,1H3,(H,26,27). The van der Waals surface area contributed by atoms with E-state index in [1.807, 2.05) is 4.90 Å². The lowest BCUT2D eigenvalue weighted by molar-refractivity contribution is -0.138. The molecule has 2 atom stereocenters. The molecule has 2 aliphatic heterocycles. The molecule has 2 fully saturated rings. The molecule has 2 aromatic rings. The molecule has 0 spiro atoms. The monoisotopic (exact) mass is 395 g/mol. The lowest BCUT2D eigenvalue weighted by atomic mass is 10.1. The third kappa shape index (κ3) is 3.13. The van der Waals surface area contributed by atoms with Crippen molar-refractivity contribution in [3.8, 4) is 0 Å². The number of carbonyl (C=O) groups is 1. The second-order valence-corrected chi connectivity index (χ2v) is 7.22. The van der Waals surface area contributed by atoms with E-state index in [0.29, 0.717) is 24.9 Å². The molecule has 28 heavy (non-hydrogen) atoms. The van der Waals surface area contributed by atoms with E-state index >= 15 is 0 Å². The first-order valence-electron chi connectivity index (χ1n) is 9.09. The number of imidazole rings is 1.